The minimum atomic E-state index is -3.98. The van der Waals surface area contributed by atoms with Gasteiger partial charge in [0.05, 0.1) is 17.5 Å². The predicted octanol–water partition coefficient (Wildman–Crippen LogP) is 5.26. The van der Waals surface area contributed by atoms with Crippen LogP contribution in [0.2, 0.25) is 5.02 Å². The number of sulfonamides is 1. The number of anilines is 1. The van der Waals surface area contributed by atoms with Crippen molar-refractivity contribution in [2.45, 2.75) is 68.6 Å². The number of fused-ring (bicyclic) bond motifs is 4. The largest absolute Gasteiger partial charge is 0.490 e. The van der Waals surface area contributed by atoms with Crippen LogP contribution in [0.25, 0.3) is 0 Å². The molecule has 4 aliphatic rings. The predicted molar refractivity (Wildman–Crippen MR) is 180 cm³/mol. The molecule has 0 aromatic heterocycles. The minimum Gasteiger partial charge on any atom is -0.490 e. The molecule has 2 aliphatic heterocycles. The summed E-state index contributed by atoms with van der Waals surface area (Å²) in [7, 11) is -2.33. The number of halogens is 1. The van der Waals surface area contributed by atoms with E-state index in [1.807, 2.05) is 25.1 Å². The zero-order valence-corrected chi connectivity index (χ0v) is 28.3. The summed E-state index contributed by atoms with van der Waals surface area (Å²) in [6.07, 6.45) is 9.11. The van der Waals surface area contributed by atoms with Crippen LogP contribution in [-0.2, 0) is 26.6 Å². The lowest BCUT2D eigenvalue weighted by Crippen LogP contribution is -2.52. The molecule has 1 amide bonds. The van der Waals surface area contributed by atoms with E-state index in [0.29, 0.717) is 31.9 Å². The average molecular weight is 667 g/mol. The Balaban J connectivity index is 1.47. The molecular formula is C36H43ClN2O6S. The molecule has 6 rings (SSSR count). The Labute approximate surface area is 277 Å². The Morgan fingerprint density at radius 3 is 2.76 bits per heavy atom. The molecule has 1 fully saturated rings. The number of rotatable bonds is 1. The Kier molecular flexibility index (Phi) is 9.21. The number of amides is 1. The number of aliphatic hydroxyl groups excluding tert-OH is 1. The van der Waals surface area contributed by atoms with Gasteiger partial charge in [-0.05, 0) is 105 Å². The maximum absolute atomic E-state index is 13.5. The normalized spacial score (nSPS) is 32.7. The summed E-state index contributed by atoms with van der Waals surface area (Å²) in [6, 6.07) is 11.4. The number of methoxy groups -OCH3 is 1. The third kappa shape index (κ3) is 6.06. The summed E-state index contributed by atoms with van der Waals surface area (Å²) >= 11 is 6.43. The van der Waals surface area contributed by atoms with Gasteiger partial charge in [-0.3, -0.25) is 4.79 Å². The van der Waals surface area contributed by atoms with Crippen molar-refractivity contribution in [1.29, 1.82) is 0 Å². The quantitative estimate of drug-likeness (QED) is 0.316. The lowest BCUT2D eigenvalue weighted by Gasteiger charge is -2.48. The minimum absolute atomic E-state index is 0.0460. The first kappa shape index (κ1) is 32.9. The van der Waals surface area contributed by atoms with Gasteiger partial charge in [0.2, 0.25) is 10.0 Å². The highest BCUT2D eigenvalue weighted by atomic mass is 35.5. The molecule has 0 unspecified atom stereocenters. The van der Waals surface area contributed by atoms with E-state index >= 15 is 0 Å². The molecule has 6 atom stereocenters. The summed E-state index contributed by atoms with van der Waals surface area (Å²) in [5.41, 5.74) is 2.27. The highest BCUT2D eigenvalue weighted by Gasteiger charge is 2.48. The molecule has 0 saturated heterocycles. The Bertz CT molecular complexity index is 1700. The van der Waals surface area contributed by atoms with Crippen LogP contribution < -0.4 is 14.4 Å². The van der Waals surface area contributed by atoms with Crippen molar-refractivity contribution in [3.63, 3.8) is 0 Å². The van der Waals surface area contributed by atoms with Gasteiger partial charge >= 0.3 is 0 Å². The number of allylic oxidation sites excluding steroid dienone is 1. The molecule has 10 heteroatoms. The highest BCUT2D eigenvalue weighted by Crippen LogP contribution is 2.49. The summed E-state index contributed by atoms with van der Waals surface area (Å²) in [6.45, 7) is 4.99. The summed E-state index contributed by atoms with van der Waals surface area (Å²) in [5, 5.41) is 9.54. The second-order valence-electron chi connectivity index (χ2n) is 13.5. The van der Waals surface area contributed by atoms with Crippen LogP contribution in [0.4, 0.5) is 5.69 Å². The van der Waals surface area contributed by atoms with Crippen molar-refractivity contribution < 1.29 is 27.8 Å². The second kappa shape index (κ2) is 12.9. The fourth-order valence-corrected chi connectivity index (χ4v) is 9.31. The van der Waals surface area contributed by atoms with Gasteiger partial charge < -0.3 is 19.5 Å². The van der Waals surface area contributed by atoms with Crippen molar-refractivity contribution in [1.82, 2.24) is 4.72 Å². The average Bonchev–Trinajstić information content (AvgIpc) is 3.17. The molecule has 46 heavy (non-hydrogen) atoms. The lowest BCUT2D eigenvalue weighted by molar-refractivity contribution is -0.0351. The second-order valence-corrected chi connectivity index (χ2v) is 16.0. The molecule has 2 aliphatic carbocycles. The maximum Gasteiger partial charge on any atom is 0.264 e. The van der Waals surface area contributed by atoms with Crippen LogP contribution in [0.15, 0.2) is 48.6 Å². The highest BCUT2D eigenvalue weighted by molar-refractivity contribution is 7.90. The Morgan fingerprint density at radius 1 is 1.20 bits per heavy atom. The standard InChI is InChI=1S/C36H43ClN2O6S/c1-24-7-4-16-36(44-3,17-6-18-40)31-12-9-28(31)21-39-22-35(15-5-8-26-19-29(37)11-13-30(26)35)23-45-33-14-10-27(20-32(33)39)34(41)38-46(42,43)25(24)2/h4,10-11,13-14,16,19-20,24-25,28,31,40H,5,7-9,12,15,18,21-23H2,1-3H3,(H,38,41)/b16-4+/t24-,25+,28-,31+,35-,36-/m0/s1. The van der Waals surface area contributed by atoms with Crippen molar-refractivity contribution in [3.8, 4) is 17.6 Å². The topological polar surface area (TPSA) is 105 Å². The molecule has 2 heterocycles. The molecule has 246 valence electrons. The number of hydrogen-bond acceptors (Lipinski definition) is 7. The molecule has 1 spiro atoms. The molecule has 2 aromatic rings. The molecule has 8 nitrogen and oxygen atoms in total. The fraction of sp³-hybridized carbons (Fsp3) is 0.528. The molecule has 1 saturated carbocycles. The van der Waals surface area contributed by atoms with Gasteiger partial charge in [0.25, 0.3) is 5.91 Å². The van der Waals surface area contributed by atoms with E-state index in [9.17, 15) is 18.3 Å². The van der Waals surface area contributed by atoms with Gasteiger partial charge in [-0.25, -0.2) is 13.1 Å². The molecular weight excluding hydrogens is 624 g/mol. The van der Waals surface area contributed by atoms with Crippen molar-refractivity contribution in [2.75, 3.05) is 38.3 Å². The summed E-state index contributed by atoms with van der Waals surface area (Å²) < 4.78 is 41.8. The van der Waals surface area contributed by atoms with Gasteiger partial charge in [0.15, 0.2) is 0 Å². The van der Waals surface area contributed by atoms with Crippen LogP contribution in [0.5, 0.6) is 5.75 Å². The number of ether oxygens (including phenoxy) is 2. The molecule has 2 N–H and O–H groups in total. The molecule has 2 aromatic carbocycles. The number of carbonyl (C=O) groups is 1. The van der Waals surface area contributed by atoms with Crippen LogP contribution in [0, 0.1) is 29.6 Å². The van der Waals surface area contributed by atoms with Gasteiger partial charge in [-0.2, -0.15) is 0 Å². The van der Waals surface area contributed by atoms with Crippen LogP contribution >= 0.6 is 11.6 Å². The number of aryl methyl sites for hydroxylation is 1. The number of nitrogens with one attached hydrogen (secondary N) is 1. The maximum atomic E-state index is 13.5. The van der Waals surface area contributed by atoms with Crippen LogP contribution in [-0.4, -0.2) is 63.7 Å². The third-order valence-corrected chi connectivity index (χ3v) is 13.0. The first-order chi connectivity index (χ1) is 22.0. The van der Waals surface area contributed by atoms with Gasteiger partial charge in [0.1, 0.15) is 18.0 Å². The first-order valence-corrected chi connectivity index (χ1v) is 18.1. The van der Waals surface area contributed by atoms with E-state index in [1.165, 1.54) is 11.1 Å². The number of aliphatic hydroxyl groups is 1. The van der Waals surface area contributed by atoms with Crippen LogP contribution in [0.3, 0.4) is 0 Å². The monoisotopic (exact) mass is 666 g/mol. The Hall–Kier alpha value is -3.03. The smallest absolute Gasteiger partial charge is 0.264 e. The van der Waals surface area contributed by atoms with Gasteiger partial charge in [0, 0.05) is 42.1 Å². The summed E-state index contributed by atoms with van der Waals surface area (Å²) in [5.74, 6) is 6.05. The Morgan fingerprint density at radius 2 is 2.02 bits per heavy atom. The van der Waals surface area contributed by atoms with Gasteiger partial charge in [-0.15, -0.1) is 0 Å². The summed E-state index contributed by atoms with van der Waals surface area (Å²) in [4.78, 5) is 15.8. The first-order valence-electron chi connectivity index (χ1n) is 16.2. The number of carbonyl (C=O) groups excluding carboxylic acids is 1. The van der Waals surface area contributed by atoms with E-state index in [0.717, 1.165) is 42.8 Å². The zero-order chi connectivity index (χ0) is 32.7. The van der Waals surface area contributed by atoms with E-state index in [2.05, 4.69) is 33.6 Å². The van der Waals surface area contributed by atoms with E-state index in [1.54, 1.807) is 32.2 Å². The van der Waals surface area contributed by atoms with Crippen molar-refractivity contribution >= 4 is 33.2 Å². The van der Waals surface area contributed by atoms with Crippen molar-refractivity contribution in [3.05, 3.63) is 70.3 Å². The zero-order valence-electron chi connectivity index (χ0n) is 26.7. The van der Waals surface area contributed by atoms with Crippen LogP contribution in [0.1, 0.15) is 67.4 Å². The van der Waals surface area contributed by atoms with Gasteiger partial charge in [-0.1, -0.05) is 42.5 Å². The third-order valence-electron chi connectivity index (χ3n) is 10.8. The lowest BCUT2D eigenvalue weighted by atomic mass is 9.64. The number of benzene rings is 2. The van der Waals surface area contributed by atoms with E-state index in [-0.39, 0.29) is 35.3 Å². The SMILES string of the molecule is CO[C@]1(C#CCO)/C=C/C[C@H](C)[C@@H](C)S(=O)(=O)NC(=O)c2ccc3c(c2)N(C[C@@H]2CC[C@H]21)C[C@@]1(CCCc2cc(Cl)ccc21)CO3. The number of nitrogens with zero attached hydrogens (tertiary/aromatic N) is 1. The van der Waals surface area contributed by atoms with Crippen molar-refractivity contribution in [2.24, 2.45) is 17.8 Å². The molecule has 2 bridgehead atoms. The number of hydrogen-bond donors (Lipinski definition) is 2. The molecule has 0 radical (unpaired) electrons. The van der Waals surface area contributed by atoms with E-state index < -0.39 is 26.8 Å². The fourth-order valence-electron chi connectivity index (χ4n) is 7.83. The van der Waals surface area contributed by atoms with E-state index in [4.69, 9.17) is 21.1 Å².